The number of amides is 2. The zero-order chi connectivity index (χ0) is 17.1. The third-order valence-corrected chi connectivity index (χ3v) is 4.13. The molecule has 0 spiro atoms. The average molecular weight is 329 g/mol. The highest BCUT2D eigenvalue weighted by Crippen LogP contribution is 2.29. The molecule has 0 fully saturated rings. The van der Waals surface area contributed by atoms with Crippen molar-refractivity contribution in [3.63, 3.8) is 0 Å². The van der Waals surface area contributed by atoms with Crippen molar-refractivity contribution in [3.8, 4) is 16.9 Å². The number of methoxy groups -OCH3 is 1. The Morgan fingerprint density at radius 1 is 1.42 bits per heavy atom. The number of hydrogen-bond donors (Lipinski definition) is 3. The zero-order valence-corrected chi connectivity index (χ0v) is 13.3. The molecule has 2 amide bonds. The van der Waals surface area contributed by atoms with E-state index in [1.165, 1.54) is 0 Å². The highest BCUT2D eigenvalue weighted by Gasteiger charge is 2.25. The van der Waals surface area contributed by atoms with Gasteiger partial charge in [0.25, 0.3) is 5.91 Å². The maximum absolute atomic E-state index is 12.1. The quantitative estimate of drug-likeness (QED) is 0.783. The first-order chi connectivity index (χ1) is 11.6. The smallest absolute Gasteiger partial charge is 0.404 e. The highest BCUT2D eigenvalue weighted by atomic mass is 16.5. The van der Waals surface area contributed by atoms with Crippen LogP contribution in [0.15, 0.2) is 36.5 Å². The Labute approximate surface area is 139 Å². The van der Waals surface area contributed by atoms with Crippen LogP contribution in [0.2, 0.25) is 0 Å². The van der Waals surface area contributed by atoms with Gasteiger partial charge in [-0.25, -0.2) is 4.79 Å². The number of benzene rings is 1. The van der Waals surface area contributed by atoms with E-state index in [0.717, 1.165) is 16.9 Å². The molecule has 0 saturated heterocycles. The summed E-state index contributed by atoms with van der Waals surface area (Å²) < 4.78 is 7.17. The maximum Gasteiger partial charge on any atom is 0.404 e. The molecule has 1 aliphatic rings. The summed E-state index contributed by atoms with van der Waals surface area (Å²) in [5, 5.41) is 13.9. The summed E-state index contributed by atoms with van der Waals surface area (Å²) in [6.45, 7) is 0.821. The average Bonchev–Trinajstić information content (AvgIpc) is 3.03. The van der Waals surface area contributed by atoms with Gasteiger partial charge in [-0.3, -0.25) is 4.79 Å². The van der Waals surface area contributed by atoms with Gasteiger partial charge in [0, 0.05) is 24.8 Å². The lowest BCUT2D eigenvalue weighted by molar-refractivity contribution is 0.0912. The number of aromatic nitrogens is 1. The second-order valence-electron chi connectivity index (χ2n) is 5.64. The van der Waals surface area contributed by atoms with E-state index in [1.54, 1.807) is 7.11 Å². The fraction of sp³-hybridized carbons (Fsp3) is 0.294. The van der Waals surface area contributed by atoms with Crippen molar-refractivity contribution in [1.82, 2.24) is 15.2 Å². The normalized spacial score (nSPS) is 16.2. The predicted octanol–water partition coefficient (Wildman–Crippen LogP) is 2.11. The molecule has 126 valence electrons. The van der Waals surface area contributed by atoms with Gasteiger partial charge in [-0.15, -0.1) is 0 Å². The topological polar surface area (TPSA) is 92.6 Å². The number of hydrogen-bond acceptors (Lipinski definition) is 3. The first kappa shape index (κ1) is 15.9. The molecule has 0 bridgehead atoms. The van der Waals surface area contributed by atoms with Crippen molar-refractivity contribution in [2.24, 2.45) is 0 Å². The third kappa shape index (κ3) is 3.19. The Hall–Kier alpha value is -2.96. The molecule has 3 rings (SSSR count). The minimum atomic E-state index is -1.04. The van der Waals surface area contributed by atoms with Gasteiger partial charge in [-0.2, -0.15) is 0 Å². The Balaban J connectivity index is 1.87. The molecule has 0 aliphatic carbocycles. The molecule has 7 nitrogen and oxygen atoms in total. The SMILES string of the molecule is COc1cccc(-c2cc3n(c2)C(CCNC(=O)O)CNC3=O)c1. The van der Waals surface area contributed by atoms with Gasteiger partial charge in [0.2, 0.25) is 0 Å². The summed E-state index contributed by atoms with van der Waals surface area (Å²) in [5.74, 6) is 0.634. The van der Waals surface area contributed by atoms with Gasteiger partial charge < -0.3 is 25.0 Å². The highest BCUT2D eigenvalue weighted by molar-refractivity contribution is 5.95. The summed E-state index contributed by atoms with van der Waals surface area (Å²) in [5.41, 5.74) is 2.47. The van der Waals surface area contributed by atoms with Gasteiger partial charge in [0.1, 0.15) is 11.4 Å². The fourth-order valence-corrected chi connectivity index (χ4v) is 2.91. The van der Waals surface area contributed by atoms with E-state index >= 15 is 0 Å². The van der Waals surface area contributed by atoms with Gasteiger partial charge >= 0.3 is 6.09 Å². The third-order valence-electron chi connectivity index (χ3n) is 4.13. The van der Waals surface area contributed by atoms with E-state index in [9.17, 15) is 9.59 Å². The molecule has 1 unspecified atom stereocenters. The molecule has 0 radical (unpaired) electrons. The van der Waals surface area contributed by atoms with Crippen LogP contribution < -0.4 is 15.4 Å². The molecule has 1 aliphatic heterocycles. The summed E-state index contributed by atoms with van der Waals surface area (Å²) in [4.78, 5) is 22.7. The van der Waals surface area contributed by atoms with Crippen molar-refractivity contribution in [2.75, 3.05) is 20.2 Å². The number of nitrogens with one attached hydrogen (secondary N) is 2. The summed E-state index contributed by atoms with van der Waals surface area (Å²) in [6.07, 6.45) is 1.50. The van der Waals surface area contributed by atoms with Crippen LogP contribution >= 0.6 is 0 Å². The van der Waals surface area contributed by atoms with Gasteiger partial charge in [-0.05, 0) is 30.2 Å². The van der Waals surface area contributed by atoms with E-state index < -0.39 is 6.09 Å². The van der Waals surface area contributed by atoms with Crippen molar-refractivity contribution in [2.45, 2.75) is 12.5 Å². The van der Waals surface area contributed by atoms with Crippen molar-refractivity contribution in [1.29, 1.82) is 0 Å². The number of carbonyl (C=O) groups excluding carboxylic acids is 1. The van der Waals surface area contributed by atoms with Crippen LogP contribution in [0.3, 0.4) is 0 Å². The molecule has 24 heavy (non-hydrogen) atoms. The molecule has 7 heteroatoms. The molecule has 2 aromatic rings. The number of carboxylic acid groups (broad SMARTS) is 1. The van der Waals surface area contributed by atoms with Gasteiger partial charge in [0.05, 0.1) is 13.2 Å². The summed E-state index contributed by atoms with van der Waals surface area (Å²) in [7, 11) is 1.61. The standard InChI is InChI=1S/C17H19N3O4/c1-24-14-4-2-3-11(7-14)12-8-15-16(21)19-9-13(20(15)10-12)5-6-18-17(22)23/h2-4,7-8,10,13,18H,5-6,9H2,1H3,(H,19,21)(H,22,23). The Morgan fingerprint density at radius 3 is 3.00 bits per heavy atom. The number of nitrogens with zero attached hydrogens (tertiary/aromatic N) is 1. The molecule has 1 aromatic carbocycles. The first-order valence-corrected chi connectivity index (χ1v) is 7.70. The van der Waals surface area contributed by atoms with Crippen molar-refractivity contribution < 1.29 is 19.4 Å². The minimum absolute atomic E-state index is 0.0175. The molecule has 1 aromatic heterocycles. The van der Waals surface area contributed by atoms with E-state index in [1.807, 2.05) is 41.1 Å². The lowest BCUT2D eigenvalue weighted by Crippen LogP contribution is -2.39. The molecular formula is C17H19N3O4. The number of fused-ring (bicyclic) bond motifs is 1. The lowest BCUT2D eigenvalue weighted by atomic mass is 10.1. The van der Waals surface area contributed by atoms with Gasteiger partial charge in [-0.1, -0.05) is 12.1 Å². The van der Waals surface area contributed by atoms with Crippen LogP contribution in [0.1, 0.15) is 23.0 Å². The Morgan fingerprint density at radius 2 is 2.25 bits per heavy atom. The van der Waals surface area contributed by atoms with Crippen LogP contribution in [0.5, 0.6) is 5.75 Å². The fourth-order valence-electron chi connectivity index (χ4n) is 2.91. The molecule has 3 N–H and O–H groups in total. The van der Waals surface area contributed by atoms with Crippen LogP contribution in [0, 0.1) is 0 Å². The van der Waals surface area contributed by atoms with E-state index in [4.69, 9.17) is 9.84 Å². The molecule has 2 heterocycles. The largest absolute Gasteiger partial charge is 0.497 e. The van der Waals surface area contributed by atoms with Gasteiger partial charge in [0.15, 0.2) is 0 Å². The number of ether oxygens (including phenoxy) is 1. The zero-order valence-electron chi connectivity index (χ0n) is 13.3. The Kier molecular flexibility index (Phi) is 4.41. The van der Waals surface area contributed by atoms with E-state index in [0.29, 0.717) is 25.2 Å². The Bertz CT molecular complexity index is 769. The maximum atomic E-state index is 12.1. The van der Waals surface area contributed by atoms with Crippen LogP contribution in [-0.2, 0) is 0 Å². The lowest BCUT2D eigenvalue weighted by Gasteiger charge is -2.26. The van der Waals surface area contributed by atoms with E-state index in [2.05, 4.69) is 10.6 Å². The van der Waals surface area contributed by atoms with Crippen LogP contribution in [0.25, 0.3) is 11.1 Å². The number of carbonyl (C=O) groups is 2. The predicted molar refractivity (Wildman–Crippen MR) is 88.4 cm³/mol. The van der Waals surface area contributed by atoms with Crippen LogP contribution in [0.4, 0.5) is 4.79 Å². The monoisotopic (exact) mass is 329 g/mol. The number of rotatable bonds is 5. The molecule has 0 saturated carbocycles. The van der Waals surface area contributed by atoms with Crippen LogP contribution in [-0.4, -0.2) is 41.9 Å². The second-order valence-corrected chi connectivity index (χ2v) is 5.64. The summed E-state index contributed by atoms with van der Waals surface area (Å²) in [6, 6.07) is 9.51. The van der Waals surface area contributed by atoms with Crippen molar-refractivity contribution >= 4 is 12.0 Å². The summed E-state index contributed by atoms with van der Waals surface area (Å²) >= 11 is 0. The second kappa shape index (κ2) is 6.66. The van der Waals surface area contributed by atoms with E-state index in [-0.39, 0.29) is 11.9 Å². The van der Waals surface area contributed by atoms with Crippen molar-refractivity contribution in [3.05, 3.63) is 42.2 Å². The molecule has 1 atom stereocenters. The minimum Gasteiger partial charge on any atom is -0.497 e. The molecular weight excluding hydrogens is 310 g/mol. The first-order valence-electron chi connectivity index (χ1n) is 7.70.